The standard InChI is InChI=1S/C17H17NO4/c1-12(16(18)19)22-17(20)14-8-5-9-15(10-14)21-11-13-6-3-2-4-7-13/h2-10,12H,11H2,1H3,(H2,18,19). The maximum Gasteiger partial charge on any atom is 0.339 e. The molecular formula is C17H17NO4. The molecule has 0 heterocycles. The Morgan fingerprint density at radius 3 is 2.50 bits per heavy atom. The third-order valence-electron chi connectivity index (χ3n) is 3.00. The first-order chi connectivity index (χ1) is 10.6. The van der Waals surface area contributed by atoms with E-state index in [9.17, 15) is 9.59 Å². The van der Waals surface area contributed by atoms with Crippen molar-refractivity contribution < 1.29 is 19.1 Å². The molecule has 5 heteroatoms. The largest absolute Gasteiger partial charge is 0.489 e. The minimum Gasteiger partial charge on any atom is -0.489 e. The van der Waals surface area contributed by atoms with Gasteiger partial charge in [-0.3, -0.25) is 4.79 Å². The van der Waals surface area contributed by atoms with Gasteiger partial charge in [-0.05, 0) is 30.7 Å². The van der Waals surface area contributed by atoms with Crippen LogP contribution in [0, 0.1) is 0 Å². The first kappa shape index (κ1) is 15.6. The van der Waals surface area contributed by atoms with Gasteiger partial charge in [-0.1, -0.05) is 36.4 Å². The molecule has 0 aliphatic heterocycles. The summed E-state index contributed by atoms with van der Waals surface area (Å²) < 4.78 is 10.6. The van der Waals surface area contributed by atoms with E-state index < -0.39 is 18.0 Å². The van der Waals surface area contributed by atoms with Crippen LogP contribution in [0.2, 0.25) is 0 Å². The monoisotopic (exact) mass is 299 g/mol. The summed E-state index contributed by atoms with van der Waals surface area (Å²) in [6.45, 7) is 1.83. The first-order valence-electron chi connectivity index (χ1n) is 6.83. The normalized spacial score (nSPS) is 11.5. The smallest absolute Gasteiger partial charge is 0.339 e. The molecule has 0 fully saturated rings. The fourth-order valence-corrected chi connectivity index (χ4v) is 1.74. The van der Waals surface area contributed by atoms with Gasteiger partial charge in [-0.25, -0.2) is 4.79 Å². The summed E-state index contributed by atoms with van der Waals surface area (Å²) in [7, 11) is 0. The predicted octanol–water partition coefficient (Wildman–Crippen LogP) is 2.30. The van der Waals surface area contributed by atoms with Gasteiger partial charge in [0, 0.05) is 0 Å². The van der Waals surface area contributed by atoms with Gasteiger partial charge in [0.1, 0.15) is 12.4 Å². The maximum atomic E-state index is 11.9. The number of benzene rings is 2. The molecular weight excluding hydrogens is 282 g/mol. The average molecular weight is 299 g/mol. The van der Waals surface area contributed by atoms with E-state index in [1.807, 2.05) is 30.3 Å². The van der Waals surface area contributed by atoms with Gasteiger partial charge in [0.15, 0.2) is 6.10 Å². The second-order valence-corrected chi connectivity index (χ2v) is 4.75. The lowest BCUT2D eigenvalue weighted by atomic mass is 10.2. The van der Waals surface area contributed by atoms with Gasteiger partial charge in [-0.2, -0.15) is 0 Å². The molecule has 0 bridgehead atoms. The molecule has 0 spiro atoms. The van der Waals surface area contributed by atoms with Crippen LogP contribution < -0.4 is 10.5 Å². The number of carbonyl (C=O) groups is 2. The zero-order chi connectivity index (χ0) is 15.9. The van der Waals surface area contributed by atoms with Crippen molar-refractivity contribution in [3.63, 3.8) is 0 Å². The Balaban J connectivity index is 2.00. The fourth-order valence-electron chi connectivity index (χ4n) is 1.74. The molecule has 2 aromatic carbocycles. The lowest BCUT2D eigenvalue weighted by Gasteiger charge is -2.11. The third kappa shape index (κ3) is 4.34. The molecule has 0 aliphatic carbocycles. The zero-order valence-corrected chi connectivity index (χ0v) is 12.2. The van der Waals surface area contributed by atoms with Gasteiger partial charge in [-0.15, -0.1) is 0 Å². The zero-order valence-electron chi connectivity index (χ0n) is 12.2. The summed E-state index contributed by atoms with van der Waals surface area (Å²) in [4.78, 5) is 22.8. The van der Waals surface area contributed by atoms with Crippen LogP contribution in [-0.4, -0.2) is 18.0 Å². The molecule has 1 unspecified atom stereocenters. The lowest BCUT2D eigenvalue weighted by Crippen LogP contribution is -2.30. The van der Waals surface area contributed by atoms with E-state index in [1.54, 1.807) is 24.3 Å². The minimum atomic E-state index is -0.971. The van der Waals surface area contributed by atoms with Gasteiger partial charge < -0.3 is 15.2 Å². The van der Waals surface area contributed by atoms with Crippen LogP contribution in [0.4, 0.5) is 0 Å². The van der Waals surface area contributed by atoms with E-state index in [4.69, 9.17) is 15.2 Å². The highest BCUT2D eigenvalue weighted by atomic mass is 16.5. The van der Waals surface area contributed by atoms with Crippen LogP contribution in [0.5, 0.6) is 5.75 Å². The number of hydrogen-bond donors (Lipinski definition) is 1. The van der Waals surface area contributed by atoms with Crippen molar-refractivity contribution in [3.05, 3.63) is 65.7 Å². The van der Waals surface area contributed by atoms with E-state index in [-0.39, 0.29) is 0 Å². The molecule has 0 aliphatic rings. The molecule has 0 saturated carbocycles. The summed E-state index contributed by atoms with van der Waals surface area (Å²) >= 11 is 0. The molecule has 0 saturated heterocycles. The highest BCUT2D eigenvalue weighted by Crippen LogP contribution is 2.16. The Kier molecular flexibility index (Phi) is 5.14. The van der Waals surface area contributed by atoms with Crippen molar-refractivity contribution in [1.29, 1.82) is 0 Å². The molecule has 1 atom stereocenters. The molecule has 5 nitrogen and oxygen atoms in total. The predicted molar refractivity (Wildman–Crippen MR) is 81.3 cm³/mol. The van der Waals surface area contributed by atoms with Crippen molar-refractivity contribution in [2.45, 2.75) is 19.6 Å². The number of amides is 1. The van der Waals surface area contributed by atoms with Crippen LogP contribution >= 0.6 is 0 Å². The van der Waals surface area contributed by atoms with E-state index in [0.29, 0.717) is 17.9 Å². The average Bonchev–Trinajstić information content (AvgIpc) is 2.54. The molecule has 0 aromatic heterocycles. The minimum absolute atomic E-state index is 0.304. The quantitative estimate of drug-likeness (QED) is 0.830. The number of hydrogen-bond acceptors (Lipinski definition) is 4. The number of carbonyl (C=O) groups excluding carboxylic acids is 2. The van der Waals surface area contributed by atoms with Gasteiger partial charge >= 0.3 is 5.97 Å². The van der Waals surface area contributed by atoms with Crippen molar-refractivity contribution in [2.75, 3.05) is 0 Å². The van der Waals surface area contributed by atoms with Crippen molar-refractivity contribution in [1.82, 2.24) is 0 Å². The van der Waals surface area contributed by atoms with E-state index in [0.717, 1.165) is 5.56 Å². The molecule has 22 heavy (non-hydrogen) atoms. The SMILES string of the molecule is CC(OC(=O)c1cccc(OCc2ccccc2)c1)C(N)=O. The van der Waals surface area contributed by atoms with Gasteiger partial charge in [0.05, 0.1) is 5.56 Å². The summed E-state index contributed by atoms with van der Waals surface area (Å²) in [5.74, 6) is -0.758. The lowest BCUT2D eigenvalue weighted by molar-refractivity contribution is -0.125. The van der Waals surface area contributed by atoms with Crippen LogP contribution in [-0.2, 0) is 16.1 Å². The number of primary amides is 1. The first-order valence-corrected chi connectivity index (χ1v) is 6.83. The molecule has 2 N–H and O–H groups in total. The van der Waals surface area contributed by atoms with E-state index >= 15 is 0 Å². The Hall–Kier alpha value is -2.82. The summed E-state index contributed by atoms with van der Waals surface area (Å²) in [5.41, 5.74) is 6.39. The summed E-state index contributed by atoms with van der Waals surface area (Å²) in [6.07, 6.45) is -0.971. The van der Waals surface area contributed by atoms with Crippen molar-refractivity contribution in [3.8, 4) is 5.75 Å². The topological polar surface area (TPSA) is 78.6 Å². The molecule has 114 valence electrons. The third-order valence-corrected chi connectivity index (χ3v) is 3.00. The second-order valence-electron chi connectivity index (χ2n) is 4.75. The van der Waals surface area contributed by atoms with Crippen LogP contribution in [0.15, 0.2) is 54.6 Å². The number of nitrogens with two attached hydrogens (primary N) is 1. The fraction of sp³-hybridized carbons (Fsp3) is 0.176. The van der Waals surface area contributed by atoms with Crippen molar-refractivity contribution in [2.24, 2.45) is 5.73 Å². The molecule has 1 amide bonds. The van der Waals surface area contributed by atoms with E-state index in [2.05, 4.69) is 0 Å². The Bertz CT molecular complexity index is 655. The Morgan fingerprint density at radius 2 is 1.82 bits per heavy atom. The summed E-state index contributed by atoms with van der Waals surface area (Å²) in [6, 6.07) is 16.3. The number of rotatable bonds is 6. The van der Waals surface area contributed by atoms with Crippen LogP contribution in [0.25, 0.3) is 0 Å². The number of ether oxygens (including phenoxy) is 2. The van der Waals surface area contributed by atoms with Gasteiger partial charge in [0.2, 0.25) is 0 Å². The molecule has 0 radical (unpaired) electrons. The Labute approximate surface area is 128 Å². The maximum absolute atomic E-state index is 11.9. The van der Waals surface area contributed by atoms with Crippen LogP contribution in [0.3, 0.4) is 0 Å². The summed E-state index contributed by atoms with van der Waals surface area (Å²) in [5, 5.41) is 0. The molecule has 2 rings (SSSR count). The van der Waals surface area contributed by atoms with Crippen LogP contribution in [0.1, 0.15) is 22.8 Å². The van der Waals surface area contributed by atoms with E-state index in [1.165, 1.54) is 6.92 Å². The highest BCUT2D eigenvalue weighted by molar-refractivity contribution is 5.92. The molecule has 2 aromatic rings. The van der Waals surface area contributed by atoms with Crippen molar-refractivity contribution >= 4 is 11.9 Å². The Morgan fingerprint density at radius 1 is 1.09 bits per heavy atom. The second kappa shape index (κ2) is 7.26. The number of esters is 1. The van der Waals surface area contributed by atoms with Gasteiger partial charge in [0.25, 0.3) is 5.91 Å². The highest BCUT2D eigenvalue weighted by Gasteiger charge is 2.16.